The minimum Gasteiger partial charge on any atom is -0.400 e. The van der Waals surface area contributed by atoms with E-state index in [9.17, 15) is 0 Å². The van der Waals surface area contributed by atoms with Gasteiger partial charge in [-0.1, -0.05) is 13.3 Å². The van der Waals surface area contributed by atoms with Gasteiger partial charge in [0.15, 0.2) is 5.65 Å². The molecule has 3 aromatic heterocycles. The zero-order valence-corrected chi connectivity index (χ0v) is 17.4. The molecule has 3 heterocycles. The molecule has 3 rings (SSSR count). The SMILES string of the molecule is CCCCNc1cc(NCc2ccc[n+](OC)c2)n2ncc(Br)c2n1.CO. The zero-order chi connectivity index (χ0) is 19.6. The Morgan fingerprint density at radius 2 is 2.15 bits per heavy atom. The molecule has 0 aliphatic carbocycles. The molecule has 9 heteroatoms. The summed E-state index contributed by atoms with van der Waals surface area (Å²) >= 11 is 3.51. The summed E-state index contributed by atoms with van der Waals surface area (Å²) in [5.41, 5.74) is 1.88. The number of rotatable bonds is 8. The molecule has 0 atom stereocenters. The van der Waals surface area contributed by atoms with Crippen LogP contribution >= 0.6 is 15.9 Å². The number of aliphatic hydroxyl groups excluding tert-OH is 1. The summed E-state index contributed by atoms with van der Waals surface area (Å²) in [6.07, 6.45) is 7.80. The van der Waals surface area contributed by atoms with Crippen molar-refractivity contribution in [3.8, 4) is 0 Å². The molecule has 0 bridgehead atoms. The number of fused-ring (bicyclic) bond motifs is 1. The van der Waals surface area contributed by atoms with Crippen molar-refractivity contribution >= 4 is 33.2 Å². The third-order valence-corrected chi connectivity index (χ3v) is 4.35. The number of hydrogen-bond acceptors (Lipinski definition) is 6. The van der Waals surface area contributed by atoms with Crippen molar-refractivity contribution in [1.29, 1.82) is 0 Å². The van der Waals surface area contributed by atoms with Crippen molar-refractivity contribution < 1.29 is 14.7 Å². The van der Waals surface area contributed by atoms with Crippen LogP contribution in [0.5, 0.6) is 0 Å². The predicted molar refractivity (Wildman–Crippen MR) is 109 cm³/mol. The average molecular weight is 438 g/mol. The van der Waals surface area contributed by atoms with Crippen molar-refractivity contribution in [2.75, 3.05) is 31.4 Å². The molecule has 0 saturated carbocycles. The summed E-state index contributed by atoms with van der Waals surface area (Å²) in [5, 5.41) is 18.2. The number of halogens is 1. The van der Waals surface area contributed by atoms with Gasteiger partial charge in [0.1, 0.15) is 18.7 Å². The van der Waals surface area contributed by atoms with E-state index in [-0.39, 0.29) is 0 Å². The van der Waals surface area contributed by atoms with Crippen molar-refractivity contribution in [3.63, 3.8) is 0 Å². The van der Waals surface area contributed by atoms with Crippen molar-refractivity contribution in [3.05, 3.63) is 46.8 Å². The van der Waals surface area contributed by atoms with Crippen LogP contribution in [0.4, 0.5) is 11.6 Å². The Balaban J connectivity index is 0.00000126. The summed E-state index contributed by atoms with van der Waals surface area (Å²) in [6, 6.07) is 5.97. The first kappa shape index (κ1) is 20.9. The van der Waals surface area contributed by atoms with Gasteiger partial charge in [-0.25, -0.2) is 4.98 Å². The van der Waals surface area contributed by atoms with Gasteiger partial charge in [-0.05, 0) is 28.4 Å². The number of anilines is 2. The summed E-state index contributed by atoms with van der Waals surface area (Å²) in [7, 11) is 2.64. The number of aromatic nitrogens is 4. The van der Waals surface area contributed by atoms with E-state index in [1.807, 2.05) is 30.6 Å². The highest BCUT2D eigenvalue weighted by atomic mass is 79.9. The van der Waals surface area contributed by atoms with Gasteiger partial charge in [-0.15, -0.1) is 0 Å². The van der Waals surface area contributed by atoms with Crippen LogP contribution in [0.2, 0.25) is 0 Å². The van der Waals surface area contributed by atoms with Gasteiger partial charge in [0, 0.05) is 42.6 Å². The van der Waals surface area contributed by atoms with E-state index in [0.29, 0.717) is 6.54 Å². The first-order chi connectivity index (χ1) is 13.2. The lowest BCUT2D eigenvalue weighted by Crippen LogP contribution is -2.40. The number of nitrogens with one attached hydrogen (secondary N) is 2. The maximum Gasteiger partial charge on any atom is 0.227 e. The number of nitrogens with zero attached hydrogens (tertiary/aromatic N) is 4. The molecule has 0 unspecified atom stereocenters. The number of pyridine rings is 1. The van der Waals surface area contributed by atoms with Crippen molar-refractivity contribution in [1.82, 2.24) is 14.6 Å². The van der Waals surface area contributed by atoms with Crippen molar-refractivity contribution in [2.45, 2.75) is 26.3 Å². The molecule has 0 fully saturated rings. The van der Waals surface area contributed by atoms with Crippen LogP contribution in [0, 0.1) is 0 Å². The maximum absolute atomic E-state index is 7.00. The van der Waals surface area contributed by atoms with E-state index >= 15 is 0 Å². The first-order valence-electron chi connectivity index (χ1n) is 8.72. The molecule has 0 aromatic carbocycles. The van der Waals surface area contributed by atoms with E-state index < -0.39 is 0 Å². The number of aliphatic hydroxyl groups is 1. The highest BCUT2D eigenvalue weighted by molar-refractivity contribution is 9.10. The molecule has 0 amide bonds. The number of hydrogen-bond donors (Lipinski definition) is 3. The maximum atomic E-state index is 7.00. The van der Waals surface area contributed by atoms with Crippen LogP contribution in [-0.2, 0) is 6.54 Å². The lowest BCUT2D eigenvalue weighted by molar-refractivity contribution is -0.885. The summed E-state index contributed by atoms with van der Waals surface area (Å²) in [5.74, 6) is 1.71. The quantitative estimate of drug-likeness (QED) is 0.370. The molecule has 0 aliphatic heterocycles. The largest absolute Gasteiger partial charge is 0.400 e. The lowest BCUT2D eigenvalue weighted by atomic mass is 10.3. The standard InChI is InChI=1S/C17H22BrN6O.CH4O/c1-3-4-7-19-15-9-16(24-17(22-15)14(18)11-21-24)20-10-13-6-5-8-23(12-13)25-2;1-2/h5-6,8-9,11-12,20H,3-4,7,10H2,1-2H3,(H,19,22);2H,1H3/q+1;. The highest BCUT2D eigenvalue weighted by Crippen LogP contribution is 2.22. The Hall–Kier alpha value is -2.39. The summed E-state index contributed by atoms with van der Waals surface area (Å²) in [4.78, 5) is 9.83. The lowest BCUT2D eigenvalue weighted by Gasteiger charge is -2.11. The fourth-order valence-corrected chi connectivity index (χ4v) is 2.81. The molecular formula is C18H26BrN6O2+. The van der Waals surface area contributed by atoms with Crippen LogP contribution in [0.3, 0.4) is 0 Å². The van der Waals surface area contributed by atoms with Gasteiger partial charge in [-0.2, -0.15) is 9.61 Å². The summed E-state index contributed by atoms with van der Waals surface area (Å²) in [6.45, 7) is 3.72. The van der Waals surface area contributed by atoms with Gasteiger partial charge in [-0.3, -0.25) is 4.84 Å². The molecule has 8 nitrogen and oxygen atoms in total. The topological polar surface area (TPSA) is 87.6 Å². The van der Waals surface area contributed by atoms with Crippen LogP contribution in [0.15, 0.2) is 41.3 Å². The highest BCUT2D eigenvalue weighted by Gasteiger charge is 2.11. The van der Waals surface area contributed by atoms with Crippen LogP contribution in [0.1, 0.15) is 25.3 Å². The molecule has 0 aliphatic rings. The second-order valence-electron chi connectivity index (χ2n) is 5.64. The minimum atomic E-state index is 0.648. The Morgan fingerprint density at radius 1 is 1.33 bits per heavy atom. The molecule has 3 aromatic rings. The second-order valence-corrected chi connectivity index (χ2v) is 6.50. The first-order valence-corrected chi connectivity index (χ1v) is 9.52. The molecule has 0 spiro atoms. The van der Waals surface area contributed by atoms with E-state index in [1.165, 1.54) is 0 Å². The monoisotopic (exact) mass is 437 g/mol. The number of unbranched alkanes of at least 4 members (excludes halogenated alkanes) is 1. The molecule has 0 radical (unpaired) electrons. The fraction of sp³-hybridized carbons (Fsp3) is 0.389. The van der Waals surface area contributed by atoms with Crippen LogP contribution in [0.25, 0.3) is 5.65 Å². The van der Waals surface area contributed by atoms with E-state index in [0.717, 1.165) is 53.8 Å². The summed E-state index contributed by atoms with van der Waals surface area (Å²) < 4.78 is 4.33. The van der Waals surface area contributed by atoms with Gasteiger partial charge in [0.05, 0.1) is 10.7 Å². The van der Waals surface area contributed by atoms with Crippen molar-refractivity contribution in [2.24, 2.45) is 0 Å². The van der Waals surface area contributed by atoms with Crippen LogP contribution < -0.4 is 20.2 Å². The third kappa shape index (κ3) is 5.54. The minimum absolute atomic E-state index is 0.648. The van der Waals surface area contributed by atoms with E-state index in [1.54, 1.807) is 22.6 Å². The van der Waals surface area contributed by atoms with Gasteiger partial charge < -0.3 is 15.7 Å². The molecule has 3 N–H and O–H groups in total. The van der Waals surface area contributed by atoms with Gasteiger partial charge in [0.25, 0.3) is 0 Å². The average Bonchev–Trinajstić information content (AvgIpc) is 3.09. The van der Waals surface area contributed by atoms with E-state index in [4.69, 9.17) is 9.94 Å². The Bertz CT molecular complexity index is 855. The van der Waals surface area contributed by atoms with Crippen LogP contribution in [-0.4, -0.2) is 40.5 Å². The normalized spacial score (nSPS) is 10.3. The fourth-order valence-electron chi connectivity index (χ4n) is 2.46. The predicted octanol–water partition coefficient (Wildman–Crippen LogP) is 2.27. The Morgan fingerprint density at radius 3 is 2.89 bits per heavy atom. The Kier molecular flexibility index (Phi) is 8.28. The molecular weight excluding hydrogens is 412 g/mol. The molecule has 146 valence electrons. The van der Waals surface area contributed by atoms with Gasteiger partial charge >= 0.3 is 0 Å². The Labute approximate surface area is 167 Å². The third-order valence-electron chi connectivity index (χ3n) is 3.79. The van der Waals surface area contributed by atoms with E-state index in [2.05, 4.69) is 43.6 Å². The zero-order valence-electron chi connectivity index (χ0n) is 15.8. The molecule has 27 heavy (non-hydrogen) atoms. The molecule has 0 saturated heterocycles. The second kappa shape index (κ2) is 10.7. The van der Waals surface area contributed by atoms with Gasteiger partial charge in [0.2, 0.25) is 12.4 Å². The smallest absolute Gasteiger partial charge is 0.227 e.